The van der Waals surface area contributed by atoms with Crippen molar-refractivity contribution in [3.05, 3.63) is 70.3 Å². The van der Waals surface area contributed by atoms with Crippen LogP contribution in [0.1, 0.15) is 23.6 Å². The molecular weight excluding hydrogens is 380 g/mol. The molecule has 144 valence electrons. The van der Waals surface area contributed by atoms with E-state index in [0.29, 0.717) is 22.8 Å². The number of halogens is 1. The molecule has 0 spiro atoms. The molecule has 2 atom stereocenters. The van der Waals surface area contributed by atoms with E-state index >= 15 is 0 Å². The van der Waals surface area contributed by atoms with Crippen LogP contribution in [0.15, 0.2) is 54.1 Å². The van der Waals surface area contributed by atoms with Gasteiger partial charge in [0.25, 0.3) is 11.8 Å². The summed E-state index contributed by atoms with van der Waals surface area (Å²) in [6, 6.07) is 14.6. The topological polar surface area (TPSA) is 91.5 Å². The summed E-state index contributed by atoms with van der Waals surface area (Å²) in [5.41, 5.74) is 13.2. The molecule has 0 radical (unpaired) electrons. The minimum Gasteiger partial charge on any atom is -0.488 e. The molecular formula is C20H19ClN4O3. The first kappa shape index (κ1) is 18.5. The Balaban J connectivity index is 1.32. The molecule has 7 nitrogen and oxygen atoms in total. The van der Waals surface area contributed by atoms with Gasteiger partial charge in [-0.3, -0.25) is 20.4 Å². The van der Waals surface area contributed by atoms with Crippen molar-refractivity contribution in [3.8, 4) is 5.75 Å². The summed E-state index contributed by atoms with van der Waals surface area (Å²) >= 11 is 5.98. The molecule has 0 saturated carbocycles. The van der Waals surface area contributed by atoms with E-state index in [0.717, 1.165) is 11.1 Å². The molecule has 2 heterocycles. The lowest BCUT2D eigenvalue weighted by molar-refractivity contribution is -0.128. The number of hydrogen-bond acceptors (Lipinski definition) is 5. The van der Waals surface area contributed by atoms with E-state index in [-0.39, 0.29) is 18.6 Å². The Labute approximate surface area is 167 Å². The molecule has 0 aliphatic carbocycles. The normalized spacial score (nSPS) is 20.5. The number of ether oxygens (including phenoxy) is 1. The van der Waals surface area contributed by atoms with Gasteiger partial charge in [-0.25, -0.2) is 10.9 Å². The van der Waals surface area contributed by atoms with E-state index in [2.05, 4.69) is 21.7 Å². The molecule has 2 aliphatic rings. The number of benzene rings is 2. The van der Waals surface area contributed by atoms with E-state index in [1.54, 1.807) is 24.3 Å². The van der Waals surface area contributed by atoms with Crippen LogP contribution < -0.4 is 26.4 Å². The van der Waals surface area contributed by atoms with E-state index in [9.17, 15) is 9.59 Å². The summed E-state index contributed by atoms with van der Waals surface area (Å²) in [7, 11) is 0. The van der Waals surface area contributed by atoms with Crippen LogP contribution in [-0.4, -0.2) is 24.5 Å². The Morgan fingerprint density at radius 3 is 2.71 bits per heavy atom. The number of amides is 2. The van der Waals surface area contributed by atoms with Crippen molar-refractivity contribution in [3.63, 3.8) is 0 Å². The summed E-state index contributed by atoms with van der Waals surface area (Å²) in [4.78, 5) is 24.7. The highest BCUT2D eigenvalue weighted by molar-refractivity contribution is 6.30. The van der Waals surface area contributed by atoms with Crippen molar-refractivity contribution in [1.82, 2.24) is 21.7 Å². The average molecular weight is 399 g/mol. The third-order valence-corrected chi connectivity index (χ3v) is 4.93. The minimum absolute atomic E-state index is 0.0309. The fourth-order valence-corrected chi connectivity index (χ4v) is 3.38. The standard InChI is InChI=1S/C20H19ClN4O3/c21-15-6-7-18-13(9-15)8-14(11-28-18)19(26)24-25-20(27)17-10-16(22-23-17)12-4-2-1-3-5-12/h1-9,16-17,22-23H,10-11H2,(H,24,26)(H,25,27). The Morgan fingerprint density at radius 1 is 1.07 bits per heavy atom. The van der Waals surface area contributed by atoms with Crippen molar-refractivity contribution >= 4 is 29.5 Å². The number of carbonyl (C=O) groups is 2. The Kier molecular flexibility index (Phi) is 5.29. The zero-order valence-corrected chi connectivity index (χ0v) is 15.6. The number of nitrogens with one attached hydrogen (secondary N) is 4. The van der Waals surface area contributed by atoms with Crippen molar-refractivity contribution in [2.75, 3.05) is 6.61 Å². The van der Waals surface area contributed by atoms with Crippen molar-refractivity contribution < 1.29 is 14.3 Å². The molecule has 2 amide bonds. The lowest BCUT2D eigenvalue weighted by atomic mass is 10.0. The highest BCUT2D eigenvalue weighted by Crippen LogP contribution is 2.29. The molecule has 2 unspecified atom stereocenters. The second-order valence-corrected chi connectivity index (χ2v) is 7.06. The second-order valence-electron chi connectivity index (χ2n) is 6.62. The highest BCUT2D eigenvalue weighted by atomic mass is 35.5. The molecule has 2 aromatic rings. The van der Waals surface area contributed by atoms with Gasteiger partial charge in [-0.1, -0.05) is 41.9 Å². The van der Waals surface area contributed by atoms with Gasteiger partial charge in [-0.2, -0.15) is 0 Å². The number of rotatable bonds is 3. The van der Waals surface area contributed by atoms with E-state index < -0.39 is 11.9 Å². The molecule has 4 rings (SSSR count). The fraction of sp³-hybridized carbons (Fsp3) is 0.200. The quantitative estimate of drug-likeness (QED) is 0.592. The van der Waals surface area contributed by atoms with Crippen LogP contribution in [0.25, 0.3) is 6.08 Å². The van der Waals surface area contributed by atoms with E-state index in [1.165, 1.54) is 0 Å². The Bertz CT molecular complexity index is 932. The monoisotopic (exact) mass is 398 g/mol. The molecule has 2 aromatic carbocycles. The van der Waals surface area contributed by atoms with Gasteiger partial charge in [-0.05, 0) is 36.3 Å². The van der Waals surface area contributed by atoms with Gasteiger partial charge in [0.05, 0.1) is 5.57 Å². The number of carbonyl (C=O) groups excluding carboxylic acids is 2. The molecule has 0 bridgehead atoms. The van der Waals surface area contributed by atoms with Crippen LogP contribution in [0, 0.1) is 0 Å². The third-order valence-electron chi connectivity index (χ3n) is 4.70. The smallest absolute Gasteiger partial charge is 0.269 e. The molecule has 4 N–H and O–H groups in total. The number of hydrogen-bond donors (Lipinski definition) is 4. The van der Waals surface area contributed by atoms with Gasteiger partial charge in [0.2, 0.25) is 0 Å². The molecule has 1 fully saturated rings. The first-order valence-electron chi connectivity index (χ1n) is 8.89. The molecule has 0 aromatic heterocycles. The summed E-state index contributed by atoms with van der Waals surface area (Å²) in [5, 5.41) is 0.557. The lowest BCUT2D eigenvalue weighted by Crippen LogP contribution is -2.50. The van der Waals surface area contributed by atoms with Gasteiger partial charge in [0, 0.05) is 16.6 Å². The maximum atomic E-state index is 12.4. The summed E-state index contributed by atoms with van der Waals surface area (Å²) in [5.74, 6) is -0.0808. The van der Waals surface area contributed by atoms with E-state index in [1.807, 2.05) is 30.3 Å². The third kappa shape index (κ3) is 4.01. The first-order valence-corrected chi connectivity index (χ1v) is 9.27. The van der Waals surface area contributed by atoms with Crippen LogP contribution in [0.2, 0.25) is 5.02 Å². The van der Waals surface area contributed by atoms with Crippen LogP contribution in [0.3, 0.4) is 0 Å². The summed E-state index contributed by atoms with van der Waals surface area (Å²) < 4.78 is 5.56. The maximum Gasteiger partial charge on any atom is 0.269 e. The van der Waals surface area contributed by atoms with Crippen LogP contribution >= 0.6 is 11.6 Å². The zero-order valence-electron chi connectivity index (χ0n) is 14.9. The van der Waals surface area contributed by atoms with Crippen molar-refractivity contribution in [2.45, 2.75) is 18.5 Å². The SMILES string of the molecule is O=C(NNC(=O)C1CC(c2ccccc2)NN1)C1=Cc2cc(Cl)ccc2OC1. The number of hydrazine groups is 2. The average Bonchev–Trinajstić information content (AvgIpc) is 3.22. The summed E-state index contributed by atoms with van der Waals surface area (Å²) in [6.07, 6.45) is 2.27. The minimum atomic E-state index is -0.457. The second kappa shape index (κ2) is 8.02. The largest absolute Gasteiger partial charge is 0.488 e. The molecule has 8 heteroatoms. The Hall–Kier alpha value is -2.87. The van der Waals surface area contributed by atoms with Crippen molar-refractivity contribution in [2.24, 2.45) is 0 Å². The van der Waals surface area contributed by atoms with Gasteiger partial charge >= 0.3 is 0 Å². The molecule has 2 aliphatic heterocycles. The van der Waals surface area contributed by atoms with Gasteiger partial charge in [0.1, 0.15) is 18.4 Å². The Morgan fingerprint density at radius 2 is 1.89 bits per heavy atom. The fourth-order valence-electron chi connectivity index (χ4n) is 3.20. The predicted molar refractivity (Wildman–Crippen MR) is 105 cm³/mol. The van der Waals surface area contributed by atoms with Crippen LogP contribution in [0.5, 0.6) is 5.75 Å². The van der Waals surface area contributed by atoms with Crippen LogP contribution in [-0.2, 0) is 9.59 Å². The predicted octanol–water partition coefficient (Wildman–Crippen LogP) is 1.87. The zero-order chi connectivity index (χ0) is 19.5. The van der Waals surface area contributed by atoms with Gasteiger partial charge in [0.15, 0.2) is 0 Å². The highest BCUT2D eigenvalue weighted by Gasteiger charge is 2.30. The van der Waals surface area contributed by atoms with E-state index in [4.69, 9.17) is 16.3 Å². The molecule has 1 saturated heterocycles. The lowest BCUT2D eigenvalue weighted by Gasteiger charge is -2.18. The maximum absolute atomic E-state index is 12.4. The van der Waals surface area contributed by atoms with Gasteiger partial charge in [-0.15, -0.1) is 0 Å². The summed E-state index contributed by atoms with van der Waals surface area (Å²) in [6.45, 7) is 0.121. The first-order chi connectivity index (χ1) is 13.6. The molecule has 28 heavy (non-hydrogen) atoms. The van der Waals surface area contributed by atoms with Gasteiger partial charge < -0.3 is 4.74 Å². The van der Waals surface area contributed by atoms with Crippen molar-refractivity contribution in [1.29, 1.82) is 0 Å². The number of fused-ring (bicyclic) bond motifs is 1. The van der Waals surface area contributed by atoms with Crippen LogP contribution in [0.4, 0.5) is 0 Å².